The van der Waals surface area contributed by atoms with Crippen molar-refractivity contribution in [2.75, 3.05) is 19.0 Å². The summed E-state index contributed by atoms with van der Waals surface area (Å²) in [5.41, 5.74) is -0.590. The van der Waals surface area contributed by atoms with E-state index in [-0.39, 0.29) is 30.0 Å². The van der Waals surface area contributed by atoms with E-state index in [1.165, 1.54) is 13.2 Å². The molecule has 19 heavy (non-hydrogen) atoms. The van der Waals surface area contributed by atoms with Crippen LogP contribution >= 0.6 is 0 Å². The molecule has 0 saturated carbocycles. The summed E-state index contributed by atoms with van der Waals surface area (Å²) in [6.07, 6.45) is 0. The van der Waals surface area contributed by atoms with Gasteiger partial charge < -0.3 is 15.2 Å². The minimum absolute atomic E-state index is 0.0367. The maximum atomic E-state index is 13.7. The molecule has 7 heteroatoms. The molecule has 0 aliphatic heterocycles. The number of methoxy groups -OCH3 is 1. The van der Waals surface area contributed by atoms with Crippen molar-refractivity contribution < 1.29 is 19.2 Å². The van der Waals surface area contributed by atoms with Gasteiger partial charge in [-0.15, -0.1) is 0 Å². The molecule has 0 saturated heterocycles. The van der Waals surface area contributed by atoms with Crippen LogP contribution in [0.25, 0.3) is 0 Å². The lowest BCUT2D eigenvalue weighted by molar-refractivity contribution is -0.386. The molecule has 0 bridgehead atoms. The van der Waals surface area contributed by atoms with Gasteiger partial charge in [0.25, 0.3) is 0 Å². The Labute approximate surface area is 110 Å². The number of hydrogen-bond donors (Lipinski definition) is 2. The number of aliphatic hydroxyl groups excluding tert-OH is 1. The third-order valence-corrected chi connectivity index (χ3v) is 2.98. The summed E-state index contributed by atoms with van der Waals surface area (Å²) in [7, 11) is 1.35. The summed E-state index contributed by atoms with van der Waals surface area (Å²) < 4.78 is 18.6. The van der Waals surface area contributed by atoms with Gasteiger partial charge in [0.1, 0.15) is 11.4 Å². The van der Waals surface area contributed by atoms with Crippen LogP contribution < -0.4 is 10.1 Å². The molecule has 0 aliphatic rings. The lowest BCUT2D eigenvalue weighted by Gasteiger charge is -2.20. The topological polar surface area (TPSA) is 84.6 Å². The average molecular weight is 272 g/mol. The lowest BCUT2D eigenvalue weighted by Crippen LogP contribution is -2.26. The summed E-state index contributed by atoms with van der Waals surface area (Å²) in [5.74, 6) is -0.904. The molecule has 0 heterocycles. The Balaban J connectivity index is 3.16. The number of nitrogens with one attached hydrogen (secondary N) is 1. The molecule has 2 unspecified atom stereocenters. The van der Waals surface area contributed by atoms with Gasteiger partial charge in [0.2, 0.25) is 5.82 Å². The van der Waals surface area contributed by atoms with Crippen molar-refractivity contribution in [3.63, 3.8) is 0 Å². The number of aliphatic hydroxyl groups is 1. The molecule has 1 aromatic carbocycles. The van der Waals surface area contributed by atoms with Gasteiger partial charge >= 0.3 is 5.69 Å². The highest BCUT2D eigenvalue weighted by Crippen LogP contribution is 2.33. The minimum atomic E-state index is -0.962. The van der Waals surface area contributed by atoms with Gasteiger partial charge in [-0.05, 0) is 12.8 Å². The van der Waals surface area contributed by atoms with Crippen LogP contribution in [0.2, 0.25) is 0 Å². The van der Waals surface area contributed by atoms with E-state index in [1.54, 1.807) is 13.8 Å². The highest BCUT2D eigenvalue weighted by Gasteiger charge is 2.24. The first kappa shape index (κ1) is 15.2. The Morgan fingerprint density at radius 2 is 2.16 bits per heavy atom. The zero-order valence-corrected chi connectivity index (χ0v) is 11.0. The van der Waals surface area contributed by atoms with Crippen LogP contribution in [-0.2, 0) is 0 Å². The first-order valence-corrected chi connectivity index (χ1v) is 5.80. The molecule has 0 fully saturated rings. The Morgan fingerprint density at radius 1 is 1.53 bits per heavy atom. The molecular formula is C12H17FN2O4. The zero-order chi connectivity index (χ0) is 14.6. The number of ether oxygens (including phenoxy) is 1. The van der Waals surface area contributed by atoms with E-state index in [0.29, 0.717) is 0 Å². The maximum absolute atomic E-state index is 13.7. The highest BCUT2D eigenvalue weighted by atomic mass is 19.1. The maximum Gasteiger partial charge on any atom is 0.327 e. The number of anilines is 1. The number of nitro groups is 1. The highest BCUT2D eigenvalue weighted by molar-refractivity contribution is 5.65. The molecule has 0 spiro atoms. The predicted octanol–water partition coefficient (Wildman–Crippen LogP) is 2.17. The summed E-state index contributed by atoms with van der Waals surface area (Å²) in [6.45, 7) is 3.45. The monoisotopic (exact) mass is 272 g/mol. The number of nitro benzene ring substituents is 1. The standard InChI is InChI=1S/C12H17FN2O4/c1-7(6-16)8(2)14-11-5-9(19-3)4-10(13)12(11)15(17)18/h4-5,7-8,14,16H,6H2,1-3H3. The SMILES string of the molecule is COc1cc(F)c([N+](=O)[O-])c(NC(C)C(C)CO)c1. The second kappa shape index (κ2) is 6.33. The number of nitrogens with zero attached hydrogens (tertiary/aromatic N) is 1. The fraction of sp³-hybridized carbons (Fsp3) is 0.500. The van der Waals surface area contributed by atoms with Crippen molar-refractivity contribution in [3.05, 3.63) is 28.1 Å². The fourth-order valence-electron chi connectivity index (χ4n) is 1.53. The average Bonchev–Trinajstić information content (AvgIpc) is 2.36. The summed E-state index contributed by atoms with van der Waals surface area (Å²) in [6, 6.07) is 2.07. The van der Waals surface area contributed by atoms with E-state index in [2.05, 4.69) is 5.32 Å². The summed E-state index contributed by atoms with van der Waals surface area (Å²) in [4.78, 5) is 10.1. The van der Waals surface area contributed by atoms with Crippen LogP contribution in [0, 0.1) is 21.8 Å². The van der Waals surface area contributed by atoms with Crippen molar-refractivity contribution in [3.8, 4) is 5.75 Å². The fourth-order valence-corrected chi connectivity index (χ4v) is 1.53. The quantitative estimate of drug-likeness (QED) is 0.612. The molecule has 106 valence electrons. The molecule has 0 aromatic heterocycles. The van der Waals surface area contributed by atoms with Crippen LogP contribution in [0.3, 0.4) is 0 Å². The molecule has 1 rings (SSSR count). The van der Waals surface area contributed by atoms with Gasteiger partial charge in [0.05, 0.1) is 12.0 Å². The minimum Gasteiger partial charge on any atom is -0.497 e. The second-order valence-corrected chi connectivity index (χ2v) is 4.36. The van der Waals surface area contributed by atoms with Crippen LogP contribution in [0.5, 0.6) is 5.75 Å². The summed E-state index contributed by atoms with van der Waals surface area (Å²) >= 11 is 0. The van der Waals surface area contributed by atoms with Crippen molar-refractivity contribution in [1.29, 1.82) is 0 Å². The first-order chi connectivity index (χ1) is 8.90. The van der Waals surface area contributed by atoms with E-state index in [1.807, 2.05) is 0 Å². The molecule has 0 amide bonds. The molecule has 1 aromatic rings. The van der Waals surface area contributed by atoms with E-state index in [4.69, 9.17) is 9.84 Å². The molecular weight excluding hydrogens is 255 g/mol. The lowest BCUT2D eigenvalue weighted by atomic mass is 10.0. The predicted molar refractivity (Wildman–Crippen MR) is 68.9 cm³/mol. The molecule has 0 aliphatic carbocycles. The molecule has 2 atom stereocenters. The van der Waals surface area contributed by atoms with Gasteiger partial charge in [-0.25, -0.2) is 0 Å². The van der Waals surface area contributed by atoms with E-state index in [0.717, 1.165) is 6.07 Å². The van der Waals surface area contributed by atoms with E-state index < -0.39 is 16.4 Å². The van der Waals surface area contributed by atoms with Gasteiger partial charge in [-0.1, -0.05) is 6.92 Å². The van der Waals surface area contributed by atoms with Crippen LogP contribution in [-0.4, -0.2) is 29.8 Å². The van der Waals surface area contributed by atoms with Crippen molar-refractivity contribution in [2.24, 2.45) is 5.92 Å². The Hall–Kier alpha value is -1.89. The molecule has 6 nitrogen and oxygen atoms in total. The third-order valence-electron chi connectivity index (χ3n) is 2.98. The van der Waals surface area contributed by atoms with Gasteiger partial charge in [-0.2, -0.15) is 4.39 Å². The van der Waals surface area contributed by atoms with E-state index in [9.17, 15) is 14.5 Å². The zero-order valence-electron chi connectivity index (χ0n) is 11.0. The number of hydrogen-bond acceptors (Lipinski definition) is 5. The number of halogens is 1. The van der Waals surface area contributed by atoms with Gasteiger partial charge in [0, 0.05) is 24.8 Å². The normalized spacial score (nSPS) is 13.7. The Morgan fingerprint density at radius 3 is 2.63 bits per heavy atom. The molecule has 0 radical (unpaired) electrons. The number of benzene rings is 1. The van der Waals surface area contributed by atoms with Crippen molar-refractivity contribution >= 4 is 11.4 Å². The Kier molecular flexibility index (Phi) is 5.05. The smallest absolute Gasteiger partial charge is 0.327 e. The van der Waals surface area contributed by atoms with Crippen molar-refractivity contribution in [1.82, 2.24) is 0 Å². The largest absolute Gasteiger partial charge is 0.497 e. The molecule has 2 N–H and O–H groups in total. The van der Waals surface area contributed by atoms with Gasteiger partial charge in [-0.3, -0.25) is 10.1 Å². The van der Waals surface area contributed by atoms with Gasteiger partial charge in [0.15, 0.2) is 0 Å². The second-order valence-electron chi connectivity index (χ2n) is 4.36. The van der Waals surface area contributed by atoms with Crippen LogP contribution in [0.15, 0.2) is 12.1 Å². The third kappa shape index (κ3) is 3.54. The van der Waals surface area contributed by atoms with Crippen molar-refractivity contribution in [2.45, 2.75) is 19.9 Å². The van der Waals surface area contributed by atoms with Crippen LogP contribution in [0.1, 0.15) is 13.8 Å². The summed E-state index contributed by atoms with van der Waals surface area (Å²) in [5, 5.41) is 22.8. The Bertz CT molecular complexity index is 467. The van der Waals surface area contributed by atoms with E-state index >= 15 is 0 Å². The van der Waals surface area contributed by atoms with Crippen LogP contribution in [0.4, 0.5) is 15.8 Å². The number of rotatable bonds is 6. The first-order valence-electron chi connectivity index (χ1n) is 5.80.